The summed E-state index contributed by atoms with van der Waals surface area (Å²) in [7, 11) is 0. The number of carbonyl (C=O) groups is 1. The number of benzene rings is 3. The van der Waals surface area contributed by atoms with Gasteiger partial charge in [0.15, 0.2) is 5.78 Å². The summed E-state index contributed by atoms with van der Waals surface area (Å²) in [6.45, 7) is 28.2. The van der Waals surface area contributed by atoms with Gasteiger partial charge in [-0.2, -0.15) is 0 Å². The van der Waals surface area contributed by atoms with Crippen molar-refractivity contribution in [2.75, 3.05) is 0 Å². The van der Waals surface area contributed by atoms with E-state index in [1.807, 2.05) is 41.5 Å². The first-order valence-corrected chi connectivity index (χ1v) is 19.4. The summed E-state index contributed by atoms with van der Waals surface area (Å²) >= 11 is 0. The number of ketones is 1. The van der Waals surface area contributed by atoms with Gasteiger partial charge in [0.05, 0.1) is 5.69 Å². The maximum atomic E-state index is 12.2. The Labute approximate surface area is 331 Å². The second-order valence-electron chi connectivity index (χ2n) is 18.0. The molecule has 0 saturated carbocycles. The van der Waals surface area contributed by atoms with Crippen LogP contribution in [0.1, 0.15) is 145 Å². The number of fused-ring (bicyclic) bond motifs is 5. The molecule has 6 rings (SSSR count). The van der Waals surface area contributed by atoms with Crippen LogP contribution in [0.2, 0.25) is 0 Å². The molecule has 6 heteroatoms. The van der Waals surface area contributed by atoms with Gasteiger partial charge in [-0.05, 0) is 78.0 Å². The van der Waals surface area contributed by atoms with Gasteiger partial charge in [0.1, 0.15) is 28.8 Å². The number of furan rings is 1. The minimum atomic E-state index is -0.337. The van der Waals surface area contributed by atoms with Crippen molar-refractivity contribution in [2.45, 2.75) is 145 Å². The van der Waals surface area contributed by atoms with E-state index in [-0.39, 0.29) is 58.7 Å². The third-order valence-corrected chi connectivity index (χ3v) is 12.7. The van der Waals surface area contributed by atoms with Crippen molar-refractivity contribution in [1.29, 1.82) is 0 Å². The van der Waals surface area contributed by atoms with Gasteiger partial charge in [-0.15, -0.1) is 29.1 Å². The zero-order valence-corrected chi connectivity index (χ0v) is 36.8. The van der Waals surface area contributed by atoms with Crippen molar-refractivity contribution in [3.63, 3.8) is 0 Å². The van der Waals surface area contributed by atoms with Crippen molar-refractivity contribution in [3.8, 4) is 11.3 Å². The van der Waals surface area contributed by atoms with Crippen molar-refractivity contribution in [1.82, 2.24) is 9.97 Å². The van der Waals surface area contributed by atoms with E-state index in [4.69, 9.17) is 14.4 Å². The van der Waals surface area contributed by atoms with Gasteiger partial charge in [-0.1, -0.05) is 119 Å². The standard InChI is InChI=1S/C32H33N2O.C15H28O2.Ir/c1-30(2,3)23-15-20(14-19-10-8-9-11-21(19)23)27-29-28(34-18-33-27)22-16-24-25(17-26(22)35-29)32(6,7)13-12-31(24,4)5;1-7-14(5,8-2)12(16)11-13(17)15(6,9-3)10-4;/h8-11,15-18H,12-13H2,1-7H3;11,16H,7-10H2,1-6H3;/q-1;;/b;12-11-;. The Morgan fingerprint density at radius 1 is 0.830 bits per heavy atom. The van der Waals surface area contributed by atoms with Crippen molar-refractivity contribution < 1.29 is 34.4 Å². The van der Waals surface area contributed by atoms with Crippen LogP contribution in [0.4, 0.5) is 0 Å². The third-order valence-electron chi connectivity index (χ3n) is 12.7. The molecule has 287 valence electrons. The molecule has 1 radical (unpaired) electrons. The largest absolute Gasteiger partial charge is 0.512 e. The summed E-state index contributed by atoms with van der Waals surface area (Å²) in [5.74, 6) is 0.286. The van der Waals surface area contributed by atoms with Gasteiger partial charge >= 0.3 is 0 Å². The Morgan fingerprint density at radius 2 is 1.40 bits per heavy atom. The van der Waals surface area contributed by atoms with E-state index in [1.54, 1.807) is 6.33 Å². The van der Waals surface area contributed by atoms with Crippen LogP contribution < -0.4 is 0 Å². The summed E-state index contributed by atoms with van der Waals surface area (Å²) in [6, 6.07) is 18.9. The average molecular weight is 894 g/mol. The van der Waals surface area contributed by atoms with Gasteiger partial charge in [0.25, 0.3) is 0 Å². The molecule has 0 bridgehead atoms. The molecule has 5 nitrogen and oxygen atoms in total. The van der Waals surface area contributed by atoms with E-state index in [1.165, 1.54) is 41.0 Å². The number of rotatable bonds is 8. The van der Waals surface area contributed by atoms with E-state index < -0.39 is 0 Å². The molecule has 0 amide bonds. The first-order valence-electron chi connectivity index (χ1n) is 19.4. The third kappa shape index (κ3) is 8.06. The summed E-state index contributed by atoms with van der Waals surface area (Å²) in [5, 5.41) is 13.5. The first kappa shape index (κ1) is 42.4. The topological polar surface area (TPSA) is 76.2 Å². The Bertz CT molecular complexity index is 2140. The molecular formula is C47H61IrN2O3-. The minimum absolute atomic E-state index is 0. The maximum absolute atomic E-state index is 12.2. The van der Waals surface area contributed by atoms with Gasteiger partial charge in [-0.3, -0.25) is 9.78 Å². The molecule has 53 heavy (non-hydrogen) atoms. The Kier molecular flexibility index (Phi) is 12.3. The predicted molar refractivity (Wildman–Crippen MR) is 218 cm³/mol. The van der Waals surface area contributed by atoms with Gasteiger partial charge in [-0.25, -0.2) is 4.98 Å². The van der Waals surface area contributed by atoms with Gasteiger partial charge in [0.2, 0.25) is 0 Å². The quantitative estimate of drug-likeness (QED) is 0.0954. The number of nitrogens with zero attached hydrogens (tertiary/aromatic N) is 2. The van der Waals surface area contributed by atoms with E-state index in [0.29, 0.717) is 0 Å². The first-order chi connectivity index (χ1) is 24.2. The molecule has 0 spiro atoms. The van der Waals surface area contributed by atoms with Crippen LogP contribution in [0.3, 0.4) is 0 Å². The molecule has 0 unspecified atom stereocenters. The smallest absolute Gasteiger partial charge is 0.164 e. The second-order valence-corrected chi connectivity index (χ2v) is 18.0. The molecule has 2 heterocycles. The fourth-order valence-corrected chi connectivity index (χ4v) is 7.49. The Balaban J connectivity index is 0.000000299. The number of hydrogen-bond donors (Lipinski definition) is 1. The van der Waals surface area contributed by atoms with Crippen LogP contribution in [-0.4, -0.2) is 20.9 Å². The fraction of sp³-hybridized carbons (Fsp3) is 0.511. The second kappa shape index (κ2) is 15.4. The summed E-state index contributed by atoms with van der Waals surface area (Å²) in [5.41, 5.74) is 7.99. The Hall–Kier alpha value is -3.34. The summed E-state index contributed by atoms with van der Waals surface area (Å²) in [4.78, 5) is 21.6. The molecule has 5 aromatic rings. The molecule has 1 aliphatic carbocycles. The molecule has 1 N–H and O–H groups in total. The summed E-state index contributed by atoms with van der Waals surface area (Å²) < 4.78 is 6.56. The minimum Gasteiger partial charge on any atom is -0.512 e. The van der Waals surface area contributed by atoms with E-state index in [0.717, 1.165) is 64.4 Å². The van der Waals surface area contributed by atoms with Gasteiger partial charge in [0, 0.05) is 42.4 Å². The summed E-state index contributed by atoms with van der Waals surface area (Å²) in [6.07, 6.45) is 8.77. The molecule has 0 saturated heterocycles. The van der Waals surface area contributed by atoms with Crippen LogP contribution in [0.25, 0.3) is 44.1 Å². The number of aromatic nitrogens is 2. The number of aliphatic hydroxyl groups excluding tert-OH is 1. The van der Waals surface area contributed by atoms with Crippen LogP contribution >= 0.6 is 0 Å². The van der Waals surface area contributed by atoms with Crippen LogP contribution in [0.15, 0.2) is 65.0 Å². The van der Waals surface area contributed by atoms with Crippen molar-refractivity contribution >= 4 is 38.6 Å². The molecular weight excluding hydrogens is 833 g/mol. The number of carbonyl (C=O) groups excluding carboxylic acids is 1. The normalized spacial score (nSPS) is 15.8. The number of allylic oxidation sites excluding steroid dienone is 2. The van der Waals surface area contributed by atoms with E-state index >= 15 is 0 Å². The molecule has 1 aliphatic rings. The maximum Gasteiger partial charge on any atom is 0.164 e. The molecule has 0 fully saturated rings. The average Bonchev–Trinajstić information content (AvgIpc) is 3.49. The fourth-order valence-electron chi connectivity index (χ4n) is 7.49. The molecule has 0 atom stereocenters. The number of hydrogen-bond acceptors (Lipinski definition) is 5. The van der Waals surface area contributed by atoms with Crippen LogP contribution in [-0.2, 0) is 41.1 Å². The van der Waals surface area contributed by atoms with Crippen molar-refractivity contribution in [3.05, 3.63) is 83.4 Å². The SMILES string of the molecule is CC(C)(C)c1cc(-c2ncnc3c2oc2cc4c(cc23)C(C)(C)CCC4(C)C)[c-]c2ccccc12.CCC(C)(CC)C(=O)/C=C(\O)C(C)(CC)CC.[Ir]. The zero-order valence-electron chi connectivity index (χ0n) is 34.4. The molecule has 3 aromatic carbocycles. The molecule has 0 aliphatic heterocycles. The molecule has 2 aromatic heterocycles. The number of aliphatic hydroxyl groups is 1. The van der Waals surface area contributed by atoms with E-state index in [2.05, 4.69) is 97.0 Å². The van der Waals surface area contributed by atoms with E-state index in [9.17, 15) is 9.90 Å². The van der Waals surface area contributed by atoms with Crippen LogP contribution in [0.5, 0.6) is 0 Å². The van der Waals surface area contributed by atoms with Crippen LogP contribution in [0, 0.1) is 16.9 Å². The predicted octanol–water partition coefficient (Wildman–Crippen LogP) is 13.3. The zero-order chi connectivity index (χ0) is 38.4. The van der Waals surface area contributed by atoms with Crippen molar-refractivity contribution in [2.24, 2.45) is 10.8 Å². The Morgan fingerprint density at radius 3 is 1.96 bits per heavy atom. The van der Waals surface area contributed by atoms with Gasteiger partial charge < -0.3 is 9.52 Å². The monoisotopic (exact) mass is 894 g/mol.